The summed E-state index contributed by atoms with van der Waals surface area (Å²) in [5.41, 5.74) is 2.05. The molecule has 1 aromatic heterocycles. The summed E-state index contributed by atoms with van der Waals surface area (Å²) in [6.07, 6.45) is 4.12. The number of carbonyl (C=O) groups is 1. The number of nitrogens with one attached hydrogen (secondary N) is 1. The van der Waals surface area contributed by atoms with Gasteiger partial charge in [0.2, 0.25) is 10.0 Å². The monoisotopic (exact) mass is 306 g/mol. The maximum Gasteiger partial charge on any atom is 0.258 e. The molecule has 0 saturated carbocycles. The Morgan fingerprint density at radius 2 is 1.67 bits per heavy atom. The van der Waals surface area contributed by atoms with Crippen LogP contribution in [0.25, 0.3) is 0 Å². The van der Waals surface area contributed by atoms with E-state index in [-0.39, 0.29) is 10.8 Å². The average molecular weight is 306 g/mol. The fraction of sp³-hybridized carbons (Fsp3) is 0.154. The molecule has 21 heavy (non-hydrogen) atoms. The van der Waals surface area contributed by atoms with Gasteiger partial charge in [0.15, 0.2) is 0 Å². The molecule has 0 aliphatic heterocycles. The lowest BCUT2D eigenvalue weighted by molar-refractivity contribution is 0.102. The van der Waals surface area contributed by atoms with Crippen molar-refractivity contribution in [1.29, 1.82) is 0 Å². The molecule has 0 atom stereocenters. The third kappa shape index (κ3) is 3.41. The van der Waals surface area contributed by atoms with Crippen molar-refractivity contribution in [2.75, 3.05) is 5.32 Å². The summed E-state index contributed by atoms with van der Waals surface area (Å²) in [5, 5.41) is 7.82. The van der Waals surface area contributed by atoms with E-state index in [0.29, 0.717) is 22.4 Å². The molecule has 1 heterocycles. The van der Waals surface area contributed by atoms with Crippen LogP contribution in [0.15, 0.2) is 35.7 Å². The van der Waals surface area contributed by atoms with Crippen LogP contribution in [-0.2, 0) is 10.0 Å². The minimum absolute atomic E-state index is 0.0125. The summed E-state index contributed by atoms with van der Waals surface area (Å²) in [5.74, 6) is -0.370. The number of aromatic nitrogens is 2. The summed E-state index contributed by atoms with van der Waals surface area (Å²) >= 11 is 0. The number of primary sulfonamides is 1. The summed E-state index contributed by atoms with van der Waals surface area (Å²) in [4.78, 5) is 19.6. The van der Waals surface area contributed by atoms with E-state index in [2.05, 4.69) is 15.3 Å². The molecule has 110 valence electrons. The van der Waals surface area contributed by atoms with Crippen molar-refractivity contribution in [2.24, 2.45) is 5.14 Å². The second-order valence-electron chi connectivity index (χ2n) is 4.56. The number of nitrogens with two attached hydrogens (primary N) is 1. The van der Waals surface area contributed by atoms with Crippen LogP contribution < -0.4 is 10.5 Å². The molecular weight excluding hydrogens is 292 g/mol. The van der Waals surface area contributed by atoms with E-state index < -0.39 is 10.0 Å². The smallest absolute Gasteiger partial charge is 0.258 e. The molecule has 8 heteroatoms. The third-order valence-corrected chi connectivity index (χ3v) is 3.79. The number of rotatable bonds is 3. The Balaban J connectivity index is 2.36. The average Bonchev–Trinajstić information content (AvgIpc) is 2.42. The highest BCUT2D eigenvalue weighted by Crippen LogP contribution is 2.24. The van der Waals surface area contributed by atoms with E-state index >= 15 is 0 Å². The van der Waals surface area contributed by atoms with Gasteiger partial charge in [-0.05, 0) is 37.1 Å². The van der Waals surface area contributed by atoms with Crippen molar-refractivity contribution in [3.05, 3.63) is 47.5 Å². The quantitative estimate of drug-likeness (QED) is 0.877. The number of hydrogen-bond acceptors (Lipinski definition) is 5. The van der Waals surface area contributed by atoms with Crippen LogP contribution in [0.3, 0.4) is 0 Å². The fourth-order valence-electron chi connectivity index (χ4n) is 1.89. The molecule has 7 nitrogen and oxygen atoms in total. The highest BCUT2D eigenvalue weighted by molar-refractivity contribution is 7.89. The van der Waals surface area contributed by atoms with Gasteiger partial charge in [-0.15, -0.1) is 0 Å². The van der Waals surface area contributed by atoms with Crippen LogP contribution in [0.4, 0.5) is 5.69 Å². The number of nitrogens with zero attached hydrogens (tertiary/aromatic N) is 2. The van der Waals surface area contributed by atoms with E-state index in [1.165, 1.54) is 30.9 Å². The Hall–Kier alpha value is -2.32. The van der Waals surface area contributed by atoms with E-state index in [4.69, 9.17) is 5.14 Å². The number of sulfonamides is 1. The zero-order chi connectivity index (χ0) is 15.6. The first-order valence-electron chi connectivity index (χ1n) is 5.99. The largest absolute Gasteiger partial charge is 0.321 e. The lowest BCUT2D eigenvalue weighted by Gasteiger charge is -2.13. The summed E-state index contributed by atoms with van der Waals surface area (Å²) in [6, 6.07) is 2.83. The van der Waals surface area contributed by atoms with Gasteiger partial charge in [-0.2, -0.15) is 0 Å². The number of anilines is 1. The molecule has 3 N–H and O–H groups in total. The van der Waals surface area contributed by atoms with Crippen molar-refractivity contribution in [1.82, 2.24) is 9.97 Å². The van der Waals surface area contributed by atoms with Crippen LogP contribution in [0.5, 0.6) is 0 Å². The third-order valence-electron chi connectivity index (χ3n) is 2.90. The Bertz CT molecular complexity index is 765. The highest BCUT2D eigenvalue weighted by atomic mass is 32.2. The molecule has 0 aliphatic rings. The molecule has 0 fully saturated rings. The molecule has 2 aromatic rings. The Morgan fingerprint density at radius 3 is 2.14 bits per heavy atom. The van der Waals surface area contributed by atoms with Crippen molar-refractivity contribution >= 4 is 21.6 Å². The highest BCUT2D eigenvalue weighted by Gasteiger charge is 2.15. The minimum Gasteiger partial charge on any atom is -0.321 e. The van der Waals surface area contributed by atoms with Gasteiger partial charge in [-0.1, -0.05) is 0 Å². The standard InChI is InChI=1S/C13H14N4O3S/c1-8-3-11(21(14,19)20)4-9(2)12(8)17-13(18)10-5-15-7-16-6-10/h3-7H,1-2H3,(H,17,18)(H2,14,19,20). The number of carbonyl (C=O) groups excluding carboxylic acids is 1. The summed E-state index contributed by atoms with van der Waals surface area (Å²) in [7, 11) is -3.78. The Kier molecular flexibility index (Phi) is 4.01. The molecule has 0 aliphatic carbocycles. The van der Waals surface area contributed by atoms with Crippen molar-refractivity contribution < 1.29 is 13.2 Å². The maximum atomic E-state index is 12.1. The minimum atomic E-state index is -3.78. The van der Waals surface area contributed by atoms with Crippen molar-refractivity contribution in [3.63, 3.8) is 0 Å². The maximum absolute atomic E-state index is 12.1. The summed E-state index contributed by atoms with van der Waals surface area (Å²) in [6.45, 7) is 3.39. The second-order valence-corrected chi connectivity index (χ2v) is 6.12. The van der Waals surface area contributed by atoms with Crippen molar-refractivity contribution in [2.45, 2.75) is 18.7 Å². The molecule has 0 radical (unpaired) electrons. The van der Waals surface area contributed by atoms with Gasteiger partial charge < -0.3 is 5.32 Å². The van der Waals surface area contributed by atoms with Gasteiger partial charge in [-0.3, -0.25) is 4.79 Å². The molecule has 0 bridgehead atoms. The number of hydrogen-bond donors (Lipinski definition) is 2. The van der Waals surface area contributed by atoms with Gasteiger partial charge >= 0.3 is 0 Å². The zero-order valence-corrected chi connectivity index (χ0v) is 12.3. The number of benzene rings is 1. The number of amides is 1. The summed E-state index contributed by atoms with van der Waals surface area (Å²) < 4.78 is 22.7. The molecule has 1 aromatic carbocycles. The van der Waals surface area contributed by atoms with E-state index in [9.17, 15) is 13.2 Å². The Morgan fingerprint density at radius 1 is 1.14 bits per heavy atom. The van der Waals surface area contributed by atoms with Gasteiger partial charge in [0.25, 0.3) is 5.91 Å². The predicted octanol–water partition coefficient (Wildman–Crippen LogP) is 0.993. The van der Waals surface area contributed by atoms with E-state index in [1.807, 2.05) is 0 Å². The molecule has 0 spiro atoms. The van der Waals surface area contributed by atoms with Crippen LogP contribution in [0.1, 0.15) is 21.5 Å². The first-order chi connectivity index (χ1) is 9.79. The first-order valence-corrected chi connectivity index (χ1v) is 7.54. The van der Waals surface area contributed by atoms with Gasteiger partial charge in [0, 0.05) is 18.1 Å². The Labute approximate surface area is 122 Å². The molecule has 0 unspecified atom stereocenters. The van der Waals surface area contributed by atoms with Gasteiger partial charge in [0.1, 0.15) is 6.33 Å². The lowest BCUT2D eigenvalue weighted by atomic mass is 10.1. The molecule has 1 amide bonds. The zero-order valence-electron chi connectivity index (χ0n) is 11.5. The van der Waals surface area contributed by atoms with E-state index in [1.54, 1.807) is 13.8 Å². The van der Waals surface area contributed by atoms with Crippen molar-refractivity contribution in [3.8, 4) is 0 Å². The lowest BCUT2D eigenvalue weighted by Crippen LogP contribution is -2.16. The van der Waals surface area contributed by atoms with Crippen LogP contribution in [0, 0.1) is 13.8 Å². The van der Waals surface area contributed by atoms with Crippen LogP contribution >= 0.6 is 0 Å². The van der Waals surface area contributed by atoms with Crippen LogP contribution in [-0.4, -0.2) is 24.3 Å². The first kappa shape index (κ1) is 15.1. The SMILES string of the molecule is Cc1cc(S(N)(=O)=O)cc(C)c1NC(=O)c1cncnc1. The normalized spacial score (nSPS) is 11.2. The second kappa shape index (κ2) is 5.58. The molecule has 0 saturated heterocycles. The predicted molar refractivity (Wildman–Crippen MR) is 77.3 cm³/mol. The fourth-order valence-corrected chi connectivity index (χ4v) is 2.57. The molecular formula is C13H14N4O3S. The van der Waals surface area contributed by atoms with Gasteiger partial charge in [-0.25, -0.2) is 23.5 Å². The van der Waals surface area contributed by atoms with Gasteiger partial charge in [0.05, 0.1) is 10.5 Å². The molecule has 2 rings (SSSR count). The topological polar surface area (TPSA) is 115 Å². The van der Waals surface area contributed by atoms with E-state index in [0.717, 1.165) is 0 Å². The number of aryl methyl sites for hydroxylation is 2. The van der Waals surface area contributed by atoms with Crippen LogP contribution in [0.2, 0.25) is 0 Å².